The minimum Gasteiger partial charge on any atom is -0.313 e. The predicted octanol–water partition coefficient (Wildman–Crippen LogP) is 0.0595. The van der Waals surface area contributed by atoms with E-state index in [9.17, 15) is 4.79 Å². The van der Waals surface area contributed by atoms with Crippen LogP contribution in [0.4, 0.5) is 0 Å². The molecule has 0 aliphatic heterocycles. The number of aromatic nitrogens is 2. The quantitative estimate of drug-likeness (QED) is 0.714. The summed E-state index contributed by atoms with van der Waals surface area (Å²) in [5.41, 5.74) is 1.92. The zero-order chi connectivity index (χ0) is 9.84. The van der Waals surface area contributed by atoms with Gasteiger partial charge < -0.3 is 5.32 Å². The predicted molar refractivity (Wildman–Crippen MR) is 50.6 cm³/mol. The number of Topliss-reactive ketones (excluding diaryl/α,β-unsaturated/α-hetero) is 1. The number of aryl methyl sites for hydroxylation is 2. The van der Waals surface area contributed by atoms with Gasteiger partial charge in [0.2, 0.25) is 0 Å². The highest BCUT2D eigenvalue weighted by atomic mass is 16.1. The summed E-state index contributed by atoms with van der Waals surface area (Å²) in [6.45, 7) is 2.34. The van der Waals surface area contributed by atoms with Crippen molar-refractivity contribution >= 4 is 5.78 Å². The van der Waals surface area contributed by atoms with Crippen molar-refractivity contribution in [3.8, 4) is 0 Å². The molecule has 1 aromatic heterocycles. The molecule has 1 N–H and O–H groups in total. The minimum absolute atomic E-state index is 0.186. The van der Waals surface area contributed by atoms with Crippen LogP contribution in [-0.4, -0.2) is 29.2 Å². The van der Waals surface area contributed by atoms with Gasteiger partial charge in [-0.2, -0.15) is 5.10 Å². The molecule has 0 spiro atoms. The maximum atomic E-state index is 11.3. The number of likely N-dealkylation sites (N-methyl/N-ethyl adjacent to an activating group) is 1. The van der Waals surface area contributed by atoms with E-state index in [1.807, 2.05) is 20.0 Å². The fourth-order valence-corrected chi connectivity index (χ4v) is 1.29. The molecular formula is C9H15N3O. The number of nitrogens with zero attached hydrogens (tertiary/aromatic N) is 2. The summed E-state index contributed by atoms with van der Waals surface area (Å²) in [4.78, 5) is 11.3. The smallest absolute Gasteiger partial charge is 0.152 e. The van der Waals surface area contributed by atoms with Gasteiger partial charge in [-0.05, 0) is 20.0 Å². The molecule has 0 aromatic carbocycles. The molecule has 1 heterocycles. The Morgan fingerprint density at radius 2 is 2.38 bits per heavy atom. The molecule has 0 aliphatic carbocycles. The van der Waals surface area contributed by atoms with E-state index in [-0.39, 0.29) is 5.78 Å². The van der Waals surface area contributed by atoms with Crippen molar-refractivity contribution in [1.82, 2.24) is 15.1 Å². The summed E-state index contributed by atoms with van der Waals surface area (Å²) < 4.78 is 1.75. The fourth-order valence-electron chi connectivity index (χ4n) is 1.29. The first-order valence-electron chi connectivity index (χ1n) is 4.29. The normalized spacial score (nSPS) is 10.4. The summed E-state index contributed by atoms with van der Waals surface area (Å²) >= 11 is 0. The van der Waals surface area contributed by atoms with Gasteiger partial charge in [0.25, 0.3) is 0 Å². The van der Waals surface area contributed by atoms with Gasteiger partial charge in [0, 0.05) is 19.2 Å². The van der Waals surface area contributed by atoms with E-state index in [0.29, 0.717) is 13.0 Å². The lowest BCUT2D eigenvalue weighted by Crippen LogP contribution is -2.21. The molecule has 4 heteroatoms. The summed E-state index contributed by atoms with van der Waals surface area (Å²) in [6.07, 6.45) is 0.457. The Hall–Kier alpha value is -1.16. The lowest BCUT2D eigenvalue weighted by molar-refractivity contribution is -0.117. The van der Waals surface area contributed by atoms with E-state index in [0.717, 1.165) is 11.4 Å². The van der Waals surface area contributed by atoms with E-state index >= 15 is 0 Å². The average molecular weight is 181 g/mol. The Morgan fingerprint density at radius 1 is 1.69 bits per heavy atom. The van der Waals surface area contributed by atoms with Crippen molar-refractivity contribution in [2.75, 3.05) is 13.6 Å². The Balaban J connectivity index is 2.63. The second-order valence-electron chi connectivity index (χ2n) is 3.15. The number of hydrogen-bond donors (Lipinski definition) is 1. The highest BCUT2D eigenvalue weighted by molar-refractivity contribution is 5.82. The second-order valence-corrected chi connectivity index (χ2v) is 3.15. The van der Waals surface area contributed by atoms with Crippen LogP contribution >= 0.6 is 0 Å². The van der Waals surface area contributed by atoms with Gasteiger partial charge in [0.05, 0.1) is 12.2 Å². The Kier molecular flexibility index (Phi) is 3.19. The van der Waals surface area contributed by atoms with Crippen LogP contribution in [0.3, 0.4) is 0 Å². The molecule has 0 unspecified atom stereocenters. The number of rotatable bonds is 4. The Labute approximate surface area is 77.9 Å². The van der Waals surface area contributed by atoms with Crippen LogP contribution in [0.5, 0.6) is 0 Å². The van der Waals surface area contributed by atoms with Gasteiger partial charge >= 0.3 is 0 Å². The Bertz CT molecular complexity index is 304. The second kappa shape index (κ2) is 4.18. The van der Waals surface area contributed by atoms with Crippen molar-refractivity contribution in [3.63, 3.8) is 0 Å². The first-order chi connectivity index (χ1) is 6.13. The molecule has 13 heavy (non-hydrogen) atoms. The fraction of sp³-hybridized carbons (Fsp3) is 0.556. The molecule has 72 valence electrons. The van der Waals surface area contributed by atoms with Gasteiger partial charge in [-0.15, -0.1) is 0 Å². The number of ketones is 1. The molecule has 1 aromatic rings. The van der Waals surface area contributed by atoms with Crippen molar-refractivity contribution in [2.45, 2.75) is 13.3 Å². The van der Waals surface area contributed by atoms with Gasteiger partial charge in [0.15, 0.2) is 5.78 Å². The molecule has 1 rings (SSSR count). The molecule has 4 nitrogen and oxygen atoms in total. The first-order valence-corrected chi connectivity index (χ1v) is 4.29. The Morgan fingerprint density at radius 3 is 2.85 bits per heavy atom. The highest BCUT2D eigenvalue weighted by Gasteiger charge is 2.06. The van der Waals surface area contributed by atoms with Gasteiger partial charge in [-0.3, -0.25) is 9.48 Å². The number of carbonyl (C=O) groups is 1. The monoisotopic (exact) mass is 181 g/mol. The number of nitrogens with one attached hydrogen (secondary N) is 1. The average Bonchev–Trinajstić information content (AvgIpc) is 2.30. The van der Waals surface area contributed by atoms with E-state index in [1.165, 1.54) is 0 Å². The van der Waals surface area contributed by atoms with Gasteiger partial charge in [-0.25, -0.2) is 0 Å². The third kappa shape index (κ3) is 2.66. The summed E-state index contributed by atoms with van der Waals surface area (Å²) in [7, 11) is 3.63. The number of hydrogen-bond acceptors (Lipinski definition) is 3. The molecule has 0 bridgehead atoms. The van der Waals surface area contributed by atoms with Crippen LogP contribution in [0.2, 0.25) is 0 Å². The zero-order valence-corrected chi connectivity index (χ0v) is 8.29. The first kappa shape index (κ1) is 9.92. The summed E-state index contributed by atoms with van der Waals surface area (Å²) in [5, 5.41) is 7.00. The summed E-state index contributed by atoms with van der Waals surface area (Å²) in [5.74, 6) is 0.186. The maximum Gasteiger partial charge on any atom is 0.152 e. The van der Waals surface area contributed by atoms with Crippen molar-refractivity contribution in [3.05, 3.63) is 17.5 Å². The third-order valence-electron chi connectivity index (χ3n) is 1.85. The zero-order valence-electron chi connectivity index (χ0n) is 8.29. The molecule has 0 aliphatic rings. The van der Waals surface area contributed by atoms with E-state index in [2.05, 4.69) is 10.4 Å². The van der Waals surface area contributed by atoms with Crippen molar-refractivity contribution in [2.24, 2.45) is 7.05 Å². The molecule has 0 atom stereocenters. The topological polar surface area (TPSA) is 46.9 Å². The van der Waals surface area contributed by atoms with Crippen LogP contribution in [-0.2, 0) is 18.3 Å². The standard InChI is InChI=1S/C9H15N3O/c1-7-4-8(12(3)11-7)5-9(13)6-10-2/h4,10H,5-6H2,1-3H3. The lowest BCUT2D eigenvalue weighted by atomic mass is 10.2. The summed E-state index contributed by atoms with van der Waals surface area (Å²) in [6, 6.07) is 1.94. The SMILES string of the molecule is CNCC(=O)Cc1cc(C)nn1C. The number of carbonyl (C=O) groups excluding carboxylic acids is 1. The van der Waals surface area contributed by atoms with E-state index in [1.54, 1.807) is 11.7 Å². The molecule has 0 amide bonds. The third-order valence-corrected chi connectivity index (χ3v) is 1.85. The molecule has 0 saturated heterocycles. The maximum absolute atomic E-state index is 11.3. The van der Waals surface area contributed by atoms with Crippen LogP contribution in [0.25, 0.3) is 0 Å². The highest BCUT2D eigenvalue weighted by Crippen LogP contribution is 2.02. The molecule has 0 saturated carbocycles. The van der Waals surface area contributed by atoms with Gasteiger partial charge in [0.1, 0.15) is 0 Å². The van der Waals surface area contributed by atoms with Crippen molar-refractivity contribution < 1.29 is 4.79 Å². The molecule has 0 fully saturated rings. The largest absolute Gasteiger partial charge is 0.313 e. The minimum atomic E-state index is 0.186. The molecular weight excluding hydrogens is 166 g/mol. The lowest BCUT2D eigenvalue weighted by Gasteiger charge is -2.00. The molecule has 0 radical (unpaired) electrons. The van der Waals surface area contributed by atoms with E-state index < -0.39 is 0 Å². The van der Waals surface area contributed by atoms with E-state index in [4.69, 9.17) is 0 Å². The van der Waals surface area contributed by atoms with Crippen LogP contribution in [0, 0.1) is 6.92 Å². The van der Waals surface area contributed by atoms with Gasteiger partial charge in [-0.1, -0.05) is 0 Å². The van der Waals surface area contributed by atoms with Crippen LogP contribution in [0.15, 0.2) is 6.07 Å². The van der Waals surface area contributed by atoms with Crippen LogP contribution in [0.1, 0.15) is 11.4 Å². The van der Waals surface area contributed by atoms with Crippen molar-refractivity contribution in [1.29, 1.82) is 0 Å². The van der Waals surface area contributed by atoms with Crippen LogP contribution < -0.4 is 5.32 Å².